The van der Waals surface area contributed by atoms with Gasteiger partial charge >= 0.3 is 5.97 Å². The van der Waals surface area contributed by atoms with E-state index in [1.807, 2.05) is 60.7 Å². The van der Waals surface area contributed by atoms with Gasteiger partial charge in [0.25, 0.3) is 0 Å². The van der Waals surface area contributed by atoms with Gasteiger partial charge in [-0.25, -0.2) is 0 Å². The van der Waals surface area contributed by atoms with Crippen LogP contribution in [0.25, 0.3) is 0 Å². The Labute approximate surface area is 237 Å². The highest BCUT2D eigenvalue weighted by molar-refractivity contribution is 5.86. The van der Waals surface area contributed by atoms with Crippen molar-refractivity contribution in [3.63, 3.8) is 0 Å². The Balaban J connectivity index is 1.69. The highest BCUT2D eigenvalue weighted by Crippen LogP contribution is 2.24. The number of hydrogen-bond donors (Lipinski definition) is 2. The largest absolute Gasteiger partial charge is 0.455 e. The molecule has 1 fully saturated rings. The monoisotopic (exact) mass is 546 g/mol. The zero-order chi connectivity index (χ0) is 28.7. The predicted molar refractivity (Wildman–Crippen MR) is 156 cm³/mol. The van der Waals surface area contributed by atoms with Crippen molar-refractivity contribution in [2.45, 2.75) is 57.1 Å². The van der Waals surface area contributed by atoms with E-state index >= 15 is 0 Å². The van der Waals surface area contributed by atoms with Crippen molar-refractivity contribution < 1.29 is 24.2 Å². The van der Waals surface area contributed by atoms with Crippen molar-refractivity contribution in [2.75, 3.05) is 19.7 Å². The lowest BCUT2D eigenvalue weighted by Crippen LogP contribution is -2.41. The minimum atomic E-state index is -0.683. The van der Waals surface area contributed by atoms with E-state index in [4.69, 9.17) is 4.74 Å². The van der Waals surface area contributed by atoms with Crippen LogP contribution >= 0.6 is 0 Å². The van der Waals surface area contributed by atoms with E-state index in [0.717, 1.165) is 24.0 Å². The Morgan fingerprint density at radius 2 is 1.73 bits per heavy atom. The van der Waals surface area contributed by atoms with Crippen LogP contribution in [-0.4, -0.2) is 53.5 Å². The summed E-state index contributed by atoms with van der Waals surface area (Å²) in [7, 11) is 0. The Bertz CT molecular complexity index is 1100. The quantitative estimate of drug-likeness (QED) is 0.233. The van der Waals surface area contributed by atoms with Gasteiger partial charge in [0, 0.05) is 13.0 Å². The number of esters is 1. The summed E-state index contributed by atoms with van der Waals surface area (Å²) in [5, 5.41) is 12.5. The summed E-state index contributed by atoms with van der Waals surface area (Å²) in [6.07, 6.45) is 6.58. The number of rotatable bonds is 16. The van der Waals surface area contributed by atoms with Gasteiger partial charge in [-0.05, 0) is 49.7 Å². The first-order valence-corrected chi connectivity index (χ1v) is 14.2. The van der Waals surface area contributed by atoms with Gasteiger partial charge in [0.15, 0.2) is 0 Å². The maximum atomic E-state index is 13.4. The number of benzene rings is 2. The van der Waals surface area contributed by atoms with E-state index in [1.54, 1.807) is 17.1 Å². The predicted octanol–water partition coefficient (Wildman–Crippen LogP) is 4.78. The third kappa shape index (κ3) is 9.19. The molecular weight excluding hydrogens is 504 g/mol. The number of allylic oxidation sites excluding steroid dienone is 2. The minimum absolute atomic E-state index is 0.0326. The number of nitrogens with zero attached hydrogens (tertiary/aromatic N) is 1. The molecule has 1 heterocycles. The molecule has 2 aromatic carbocycles. The molecule has 214 valence electrons. The summed E-state index contributed by atoms with van der Waals surface area (Å²) in [6, 6.07) is 19.0. The van der Waals surface area contributed by atoms with Crippen LogP contribution in [0.2, 0.25) is 0 Å². The normalized spacial score (nSPS) is 16.9. The Kier molecular flexibility index (Phi) is 12.6. The van der Waals surface area contributed by atoms with Gasteiger partial charge < -0.3 is 20.1 Å². The summed E-state index contributed by atoms with van der Waals surface area (Å²) >= 11 is 0. The average Bonchev–Trinajstić information content (AvgIpc) is 3.47. The Morgan fingerprint density at radius 1 is 1.02 bits per heavy atom. The van der Waals surface area contributed by atoms with Crippen molar-refractivity contribution in [3.8, 4) is 0 Å². The van der Waals surface area contributed by atoms with E-state index in [-0.39, 0.29) is 49.3 Å². The fraction of sp³-hybridized carbons (Fsp3) is 0.424. The standard InChI is InChI=1S/C33H42N2O5/c1-3-5-16-28(21-25-14-8-6-9-15-25)33(39)40-30(26-17-10-7-11-18-26)23-34-32(38)27(13-4-2)22-31(37)35-20-12-19-29(35)24-36/h3-4,6-11,14-15,17-18,27-30,36H,1-2,5,12-13,16,19-24H2,(H,34,38)/t27-,28+,29-,30-/m0/s1. The molecule has 1 aliphatic heterocycles. The van der Waals surface area contributed by atoms with Gasteiger partial charge in [0.05, 0.1) is 31.0 Å². The smallest absolute Gasteiger partial charge is 0.309 e. The maximum absolute atomic E-state index is 13.4. The molecule has 1 aliphatic rings. The SMILES string of the molecule is C=CCC[C@H](Cc1ccccc1)C(=O)O[C@@H](CNC(=O)[C@@H](CC=C)CC(=O)N1CCC[C@H]1CO)c1ccccc1. The van der Waals surface area contributed by atoms with E-state index in [2.05, 4.69) is 18.5 Å². The number of likely N-dealkylation sites (tertiary alicyclic amines) is 1. The highest BCUT2D eigenvalue weighted by atomic mass is 16.5. The topological polar surface area (TPSA) is 95.9 Å². The Hall–Kier alpha value is -3.71. The van der Waals surface area contributed by atoms with Gasteiger partial charge in [-0.1, -0.05) is 72.8 Å². The summed E-state index contributed by atoms with van der Waals surface area (Å²) in [5.41, 5.74) is 1.83. The molecule has 1 saturated heterocycles. The van der Waals surface area contributed by atoms with Gasteiger partial charge in [0.1, 0.15) is 6.10 Å². The van der Waals surface area contributed by atoms with Gasteiger partial charge in [0.2, 0.25) is 11.8 Å². The molecule has 0 saturated carbocycles. The number of nitrogens with one attached hydrogen (secondary N) is 1. The zero-order valence-corrected chi connectivity index (χ0v) is 23.3. The maximum Gasteiger partial charge on any atom is 0.309 e. The van der Waals surface area contributed by atoms with Crippen LogP contribution in [0.3, 0.4) is 0 Å². The molecule has 2 amide bonds. The molecule has 0 radical (unpaired) electrons. The molecule has 7 nitrogen and oxygen atoms in total. The summed E-state index contributed by atoms with van der Waals surface area (Å²) < 4.78 is 6.04. The van der Waals surface area contributed by atoms with E-state index in [0.29, 0.717) is 32.2 Å². The fourth-order valence-corrected chi connectivity index (χ4v) is 5.16. The summed E-state index contributed by atoms with van der Waals surface area (Å²) in [4.78, 5) is 41.3. The van der Waals surface area contributed by atoms with Crippen LogP contribution in [0.4, 0.5) is 0 Å². The lowest BCUT2D eigenvalue weighted by Gasteiger charge is -2.26. The summed E-state index contributed by atoms with van der Waals surface area (Å²) in [5.74, 6) is -1.72. The molecule has 0 aliphatic carbocycles. The van der Waals surface area contributed by atoms with Gasteiger partial charge in [-0.15, -0.1) is 13.2 Å². The second-order valence-corrected chi connectivity index (χ2v) is 10.3. The van der Waals surface area contributed by atoms with Crippen molar-refractivity contribution in [1.29, 1.82) is 0 Å². The molecule has 0 spiro atoms. The molecule has 7 heteroatoms. The highest BCUT2D eigenvalue weighted by Gasteiger charge is 2.32. The molecular formula is C33H42N2O5. The number of aliphatic hydroxyl groups excluding tert-OH is 1. The first-order valence-electron chi connectivity index (χ1n) is 14.2. The average molecular weight is 547 g/mol. The zero-order valence-electron chi connectivity index (χ0n) is 23.3. The van der Waals surface area contributed by atoms with Crippen molar-refractivity contribution in [2.24, 2.45) is 11.8 Å². The number of hydrogen-bond acceptors (Lipinski definition) is 5. The lowest BCUT2D eigenvalue weighted by molar-refractivity contribution is -0.155. The first-order chi connectivity index (χ1) is 19.5. The second-order valence-electron chi connectivity index (χ2n) is 10.3. The van der Waals surface area contributed by atoms with E-state index in [1.165, 1.54) is 0 Å². The molecule has 3 rings (SSSR count). The third-order valence-corrected chi connectivity index (χ3v) is 7.42. The third-order valence-electron chi connectivity index (χ3n) is 7.42. The van der Waals surface area contributed by atoms with Crippen LogP contribution in [0, 0.1) is 11.8 Å². The van der Waals surface area contributed by atoms with Crippen LogP contribution in [0.1, 0.15) is 55.8 Å². The molecule has 4 atom stereocenters. The van der Waals surface area contributed by atoms with Gasteiger partial charge in [-0.3, -0.25) is 14.4 Å². The molecule has 2 N–H and O–H groups in total. The van der Waals surface area contributed by atoms with Crippen LogP contribution in [0.5, 0.6) is 0 Å². The minimum Gasteiger partial charge on any atom is -0.455 e. The van der Waals surface area contributed by atoms with Crippen molar-refractivity contribution in [3.05, 3.63) is 97.1 Å². The molecule has 0 unspecified atom stereocenters. The van der Waals surface area contributed by atoms with Crippen LogP contribution in [0.15, 0.2) is 86.0 Å². The summed E-state index contributed by atoms with van der Waals surface area (Å²) in [6.45, 7) is 8.15. The number of ether oxygens (including phenoxy) is 1. The number of carbonyl (C=O) groups excluding carboxylic acids is 3. The van der Waals surface area contributed by atoms with E-state index < -0.39 is 12.0 Å². The molecule has 0 aromatic heterocycles. The van der Waals surface area contributed by atoms with E-state index in [9.17, 15) is 19.5 Å². The van der Waals surface area contributed by atoms with Crippen LogP contribution in [-0.2, 0) is 25.5 Å². The fourth-order valence-electron chi connectivity index (χ4n) is 5.16. The van der Waals surface area contributed by atoms with Crippen molar-refractivity contribution >= 4 is 17.8 Å². The van der Waals surface area contributed by atoms with Gasteiger partial charge in [-0.2, -0.15) is 0 Å². The van der Waals surface area contributed by atoms with Crippen LogP contribution < -0.4 is 5.32 Å². The lowest BCUT2D eigenvalue weighted by atomic mass is 9.94. The molecule has 40 heavy (non-hydrogen) atoms. The molecule has 0 bridgehead atoms. The number of carbonyl (C=O) groups is 3. The van der Waals surface area contributed by atoms with Crippen molar-refractivity contribution in [1.82, 2.24) is 10.2 Å². The second kappa shape index (κ2) is 16.4. The number of amides is 2. The first kappa shape index (κ1) is 30.8. The Morgan fingerprint density at radius 3 is 2.38 bits per heavy atom. The number of aliphatic hydroxyl groups is 1. The molecule has 2 aromatic rings.